The number of piperidine rings is 1. The highest BCUT2D eigenvalue weighted by Gasteiger charge is 2.25. The van der Waals surface area contributed by atoms with Crippen molar-refractivity contribution >= 4 is 11.8 Å². The van der Waals surface area contributed by atoms with Gasteiger partial charge in [-0.15, -0.1) is 0 Å². The zero-order chi connectivity index (χ0) is 11.4. The van der Waals surface area contributed by atoms with E-state index in [1.807, 2.05) is 0 Å². The molecular formula is C13H26N2S. The first-order valence-electron chi connectivity index (χ1n) is 6.80. The summed E-state index contributed by atoms with van der Waals surface area (Å²) >= 11 is 2.12. The van der Waals surface area contributed by atoms with Gasteiger partial charge >= 0.3 is 0 Å². The maximum Gasteiger partial charge on any atom is 0.0120 e. The van der Waals surface area contributed by atoms with Crippen LogP contribution < -0.4 is 0 Å². The Hall–Kier alpha value is 0.270. The van der Waals surface area contributed by atoms with E-state index >= 15 is 0 Å². The molecule has 0 unspecified atom stereocenters. The summed E-state index contributed by atoms with van der Waals surface area (Å²) in [6.07, 6.45) is 2.80. The third kappa shape index (κ3) is 3.64. The lowest BCUT2D eigenvalue weighted by Crippen LogP contribution is -2.48. The van der Waals surface area contributed by atoms with E-state index in [0.717, 1.165) is 12.0 Å². The lowest BCUT2D eigenvalue weighted by atomic mass is 10.0. The smallest absolute Gasteiger partial charge is 0.0120 e. The zero-order valence-electron chi connectivity index (χ0n) is 10.8. The van der Waals surface area contributed by atoms with Crippen LogP contribution in [0.2, 0.25) is 0 Å². The lowest BCUT2D eigenvalue weighted by Gasteiger charge is -2.40. The molecule has 0 amide bonds. The van der Waals surface area contributed by atoms with Gasteiger partial charge in [-0.25, -0.2) is 0 Å². The summed E-state index contributed by atoms with van der Waals surface area (Å²) < 4.78 is 0. The summed E-state index contributed by atoms with van der Waals surface area (Å²) in [4.78, 5) is 5.39. The van der Waals surface area contributed by atoms with E-state index < -0.39 is 0 Å². The van der Waals surface area contributed by atoms with Crippen LogP contribution in [0.1, 0.15) is 26.7 Å². The minimum atomic E-state index is 0.822. The molecule has 2 saturated heterocycles. The topological polar surface area (TPSA) is 6.48 Å². The summed E-state index contributed by atoms with van der Waals surface area (Å²) in [5.41, 5.74) is 0. The summed E-state index contributed by atoms with van der Waals surface area (Å²) in [5, 5.41) is 0. The van der Waals surface area contributed by atoms with Crippen molar-refractivity contribution < 1.29 is 0 Å². The molecule has 0 saturated carbocycles. The second-order valence-electron chi connectivity index (χ2n) is 5.57. The Labute approximate surface area is 105 Å². The van der Waals surface area contributed by atoms with Crippen molar-refractivity contribution in [2.45, 2.75) is 32.7 Å². The monoisotopic (exact) mass is 242 g/mol. The molecule has 94 valence electrons. The van der Waals surface area contributed by atoms with E-state index in [2.05, 4.69) is 35.4 Å². The molecule has 0 radical (unpaired) electrons. The van der Waals surface area contributed by atoms with Gasteiger partial charge in [-0.2, -0.15) is 11.8 Å². The fourth-order valence-corrected chi connectivity index (χ4v) is 3.86. The molecule has 0 aromatic carbocycles. The third-order valence-electron chi connectivity index (χ3n) is 3.74. The van der Waals surface area contributed by atoms with Crippen molar-refractivity contribution in [1.29, 1.82) is 0 Å². The average Bonchev–Trinajstić information content (AvgIpc) is 2.30. The lowest BCUT2D eigenvalue weighted by molar-refractivity contribution is 0.109. The maximum absolute atomic E-state index is 2.74. The maximum atomic E-state index is 2.74. The Morgan fingerprint density at radius 1 is 1.06 bits per heavy atom. The van der Waals surface area contributed by atoms with Crippen LogP contribution in [0.3, 0.4) is 0 Å². The molecule has 2 nitrogen and oxygen atoms in total. The predicted molar refractivity (Wildman–Crippen MR) is 73.2 cm³/mol. The summed E-state index contributed by atoms with van der Waals surface area (Å²) in [7, 11) is 0. The van der Waals surface area contributed by atoms with Crippen LogP contribution in [0.25, 0.3) is 0 Å². The molecule has 0 aliphatic carbocycles. The van der Waals surface area contributed by atoms with Crippen LogP contribution in [0.15, 0.2) is 0 Å². The fraction of sp³-hybridized carbons (Fsp3) is 1.00. The van der Waals surface area contributed by atoms with Crippen molar-refractivity contribution in [1.82, 2.24) is 9.80 Å². The number of thioether (sulfide) groups is 1. The minimum Gasteiger partial charge on any atom is -0.303 e. The first-order valence-corrected chi connectivity index (χ1v) is 7.95. The standard InChI is InChI=1S/C13H26N2S/c1-12(2)11-14-5-3-13(4-6-14)15-7-9-16-10-8-15/h12-13H,3-11H2,1-2H3. The molecule has 0 spiro atoms. The molecule has 0 aromatic rings. The molecule has 2 heterocycles. The summed E-state index contributed by atoms with van der Waals surface area (Å²) in [6.45, 7) is 11.3. The molecule has 0 aromatic heterocycles. The molecule has 3 heteroatoms. The van der Waals surface area contributed by atoms with Gasteiger partial charge in [0.05, 0.1) is 0 Å². The molecule has 2 aliphatic heterocycles. The SMILES string of the molecule is CC(C)CN1CCC(N2CCSCC2)CC1. The number of hydrogen-bond donors (Lipinski definition) is 0. The Morgan fingerprint density at radius 3 is 2.25 bits per heavy atom. The van der Waals surface area contributed by atoms with Gasteiger partial charge in [0, 0.05) is 37.2 Å². The van der Waals surface area contributed by atoms with Gasteiger partial charge in [-0.3, -0.25) is 4.90 Å². The highest BCUT2D eigenvalue weighted by molar-refractivity contribution is 7.99. The van der Waals surface area contributed by atoms with E-state index in [9.17, 15) is 0 Å². The second-order valence-corrected chi connectivity index (χ2v) is 6.80. The zero-order valence-corrected chi connectivity index (χ0v) is 11.6. The Morgan fingerprint density at radius 2 is 1.69 bits per heavy atom. The van der Waals surface area contributed by atoms with Crippen LogP contribution in [0.5, 0.6) is 0 Å². The van der Waals surface area contributed by atoms with E-state index in [-0.39, 0.29) is 0 Å². The molecule has 2 fully saturated rings. The normalized spacial score (nSPS) is 26.4. The van der Waals surface area contributed by atoms with Gasteiger partial charge in [-0.1, -0.05) is 13.8 Å². The van der Waals surface area contributed by atoms with Crippen molar-refractivity contribution in [2.75, 3.05) is 44.2 Å². The largest absolute Gasteiger partial charge is 0.303 e. The summed E-state index contributed by atoms with van der Waals surface area (Å²) in [6, 6.07) is 0.893. The third-order valence-corrected chi connectivity index (χ3v) is 4.69. The number of hydrogen-bond acceptors (Lipinski definition) is 3. The highest BCUT2D eigenvalue weighted by Crippen LogP contribution is 2.20. The molecule has 0 bridgehead atoms. The second kappa shape index (κ2) is 6.27. The molecule has 2 aliphatic rings. The number of rotatable bonds is 3. The van der Waals surface area contributed by atoms with Crippen molar-refractivity contribution in [3.8, 4) is 0 Å². The van der Waals surface area contributed by atoms with Crippen molar-refractivity contribution in [3.05, 3.63) is 0 Å². The van der Waals surface area contributed by atoms with Crippen LogP contribution in [-0.2, 0) is 0 Å². The van der Waals surface area contributed by atoms with E-state index in [4.69, 9.17) is 0 Å². The predicted octanol–water partition coefficient (Wildman–Crippen LogP) is 2.16. The van der Waals surface area contributed by atoms with Crippen LogP contribution >= 0.6 is 11.8 Å². The molecule has 0 atom stereocenters. The first kappa shape index (κ1) is 12.7. The quantitative estimate of drug-likeness (QED) is 0.749. The van der Waals surface area contributed by atoms with Gasteiger partial charge in [0.1, 0.15) is 0 Å². The summed E-state index contributed by atoms with van der Waals surface area (Å²) in [5.74, 6) is 3.53. The Balaban J connectivity index is 1.71. The Kier molecular flexibility index (Phi) is 4.98. The van der Waals surface area contributed by atoms with Gasteiger partial charge in [0.2, 0.25) is 0 Å². The van der Waals surface area contributed by atoms with Gasteiger partial charge in [0.25, 0.3) is 0 Å². The van der Waals surface area contributed by atoms with Crippen LogP contribution in [-0.4, -0.2) is 60.1 Å². The van der Waals surface area contributed by atoms with E-state index in [1.165, 1.54) is 57.1 Å². The van der Waals surface area contributed by atoms with Gasteiger partial charge in [-0.05, 0) is 31.8 Å². The number of likely N-dealkylation sites (tertiary alicyclic amines) is 1. The fourth-order valence-electron chi connectivity index (χ4n) is 2.93. The molecule has 0 N–H and O–H groups in total. The van der Waals surface area contributed by atoms with E-state index in [0.29, 0.717) is 0 Å². The van der Waals surface area contributed by atoms with Crippen molar-refractivity contribution in [3.63, 3.8) is 0 Å². The Bertz CT molecular complexity index is 194. The van der Waals surface area contributed by atoms with Gasteiger partial charge < -0.3 is 4.90 Å². The highest BCUT2D eigenvalue weighted by atomic mass is 32.2. The van der Waals surface area contributed by atoms with Crippen LogP contribution in [0.4, 0.5) is 0 Å². The molecular weight excluding hydrogens is 216 g/mol. The molecule has 16 heavy (non-hydrogen) atoms. The number of nitrogens with zero attached hydrogens (tertiary/aromatic N) is 2. The van der Waals surface area contributed by atoms with Gasteiger partial charge in [0.15, 0.2) is 0 Å². The van der Waals surface area contributed by atoms with Crippen molar-refractivity contribution in [2.24, 2.45) is 5.92 Å². The molecule has 2 rings (SSSR count). The minimum absolute atomic E-state index is 0.822. The van der Waals surface area contributed by atoms with E-state index in [1.54, 1.807) is 0 Å². The first-order chi connectivity index (χ1) is 7.75. The van der Waals surface area contributed by atoms with Crippen LogP contribution in [0, 0.1) is 5.92 Å². The average molecular weight is 242 g/mol.